The number of carbonyl (C=O) groups excluding carboxylic acids is 1. The van der Waals surface area contributed by atoms with E-state index in [9.17, 15) is 4.79 Å². The third kappa shape index (κ3) is 7.27. The van der Waals surface area contributed by atoms with Gasteiger partial charge in [0.05, 0.1) is 12.1 Å². The van der Waals surface area contributed by atoms with E-state index in [-0.39, 0.29) is 5.91 Å². The zero-order valence-corrected chi connectivity index (χ0v) is 23.7. The molecule has 1 amide bonds. The zero-order valence-electron chi connectivity index (χ0n) is 23.7. The van der Waals surface area contributed by atoms with Crippen molar-refractivity contribution >= 4 is 17.4 Å². The topological polar surface area (TPSA) is 47.3 Å². The first kappa shape index (κ1) is 27.5. The first-order valence-corrected chi connectivity index (χ1v) is 14.3. The summed E-state index contributed by atoms with van der Waals surface area (Å²) in [6, 6.07) is 3.93. The van der Waals surface area contributed by atoms with Gasteiger partial charge in [0.25, 0.3) is 5.91 Å². The average molecular weight is 507 g/mol. The Hall–Kier alpha value is -2.56. The number of fused-ring (bicyclic) bond motifs is 1. The summed E-state index contributed by atoms with van der Waals surface area (Å²) in [5.74, 6) is 9.09. The second-order valence-corrected chi connectivity index (χ2v) is 11.7. The van der Waals surface area contributed by atoms with Crippen LogP contribution >= 0.6 is 0 Å². The highest BCUT2D eigenvalue weighted by Gasteiger charge is 2.23. The summed E-state index contributed by atoms with van der Waals surface area (Å²) in [5, 5.41) is 0. The van der Waals surface area contributed by atoms with Crippen LogP contribution in [-0.2, 0) is 0 Å². The van der Waals surface area contributed by atoms with Crippen LogP contribution in [0.15, 0.2) is 18.3 Å². The third-order valence-corrected chi connectivity index (χ3v) is 7.60. The molecule has 2 aliphatic heterocycles. The number of hydrogen-bond acceptors (Lipinski definition) is 5. The van der Waals surface area contributed by atoms with Crippen molar-refractivity contribution in [3.05, 3.63) is 29.6 Å². The maximum absolute atomic E-state index is 13.7. The number of pyridine rings is 1. The van der Waals surface area contributed by atoms with Gasteiger partial charge in [-0.3, -0.25) is 14.1 Å². The number of likely N-dealkylation sites (tertiary alicyclic amines) is 1. The minimum absolute atomic E-state index is 0.106. The summed E-state index contributed by atoms with van der Waals surface area (Å²) in [7, 11) is 2.17. The molecule has 4 rings (SSSR count). The molecule has 7 heteroatoms. The Labute approximate surface area is 223 Å². The predicted octanol–water partition coefficient (Wildman–Crippen LogP) is 4.07. The molecule has 2 fully saturated rings. The van der Waals surface area contributed by atoms with Gasteiger partial charge in [0, 0.05) is 45.5 Å². The summed E-state index contributed by atoms with van der Waals surface area (Å²) < 4.78 is 2.06. The molecule has 0 unspecified atom stereocenters. The molecule has 2 saturated heterocycles. The molecule has 7 nitrogen and oxygen atoms in total. The van der Waals surface area contributed by atoms with Crippen molar-refractivity contribution in [1.82, 2.24) is 24.1 Å². The highest BCUT2D eigenvalue weighted by Crippen LogP contribution is 2.24. The number of aromatic nitrogens is 2. The van der Waals surface area contributed by atoms with E-state index in [4.69, 9.17) is 4.98 Å². The summed E-state index contributed by atoms with van der Waals surface area (Å²) in [5.41, 5.74) is 2.47. The van der Waals surface area contributed by atoms with E-state index in [1.807, 2.05) is 23.2 Å². The molecule has 0 radical (unpaired) electrons. The molecule has 2 aliphatic rings. The molecule has 0 saturated carbocycles. The smallest absolute Gasteiger partial charge is 0.255 e. The predicted molar refractivity (Wildman–Crippen MR) is 152 cm³/mol. The number of amides is 1. The van der Waals surface area contributed by atoms with Crippen LogP contribution in [0.3, 0.4) is 0 Å². The van der Waals surface area contributed by atoms with Crippen LogP contribution in [0.5, 0.6) is 0 Å². The van der Waals surface area contributed by atoms with Crippen molar-refractivity contribution in [2.45, 2.75) is 53.4 Å². The van der Waals surface area contributed by atoms with Gasteiger partial charge in [-0.05, 0) is 75.7 Å². The summed E-state index contributed by atoms with van der Waals surface area (Å²) >= 11 is 0. The van der Waals surface area contributed by atoms with Crippen molar-refractivity contribution < 1.29 is 4.79 Å². The SMILES string of the molecule is CC(C)CCN(CCC(C)C)C(=O)c1ccc2nc(N3CCN(C)CC3)c(C#CCN3CCCC3)n2c1. The number of anilines is 1. The third-order valence-electron chi connectivity index (χ3n) is 7.60. The Morgan fingerprint density at radius 3 is 2.24 bits per heavy atom. The first-order chi connectivity index (χ1) is 17.8. The summed E-state index contributed by atoms with van der Waals surface area (Å²) in [4.78, 5) is 27.9. The number of likely N-dealkylation sites (N-methyl/N-ethyl adjacent to an activating group) is 1. The quantitative estimate of drug-likeness (QED) is 0.480. The van der Waals surface area contributed by atoms with Crippen molar-refractivity contribution in [2.24, 2.45) is 11.8 Å². The van der Waals surface area contributed by atoms with E-state index in [2.05, 4.69) is 65.7 Å². The second kappa shape index (κ2) is 12.8. The van der Waals surface area contributed by atoms with E-state index < -0.39 is 0 Å². The molecule has 0 atom stereocenters. The zero-order chi connectivity index (χ0) is 26.4. The van der Waals surface area contributed by atoms with Gasteiger partial charge in [-0.2, -0.15) is 0 Å². The van der Waals surface area contributed by atoms with Gasteiger partial charge in [0.15, 0.2) is 5.82 Å². The number of hydrogen-bond donors (Lipinski definition) is 0. The van der Waals surface area contributed by atoms with E-state index in [1.54, 1.807) is 0 Å². The van der Waals surface area contributed by atoms with Gasteiger partial charge < -0.3 is 14.7 Å². The van der Waals surface area contributed by atoms with Gasteiger partial charge in [0.1, 0.15) is 11.3 Å². The molecule has 0 bridgehead atoms. The number of nitrogens with zero attached hydrogens (tertiary/aromatic N) is 6. The van der Waals surface area contributed by atoms with Gasteiger partial charge >= 0.3 is 0 Å². The van der Waals surface area contributed by atoms with E-state index in [0.717, 1.165) is 88.9 Å². The monoisotopic (exact) mass is 506 g/mol. The average Bonchev–Trinajstić information content (AvgIpc) is 3.52. The Balaban J connectivity index is 1.65. The van der Waals surface area contributed by atoms with Crippen LogP contribution in [0.25, 0.3) is 5.65 Å². The minimum Gasteiger partial charge on any atom is -0.352 e. The second-order valence-electron chi connectivity index (χ2n) is 11.7. The van der Waals surface area contributed by atoms with Crippen LogP contribution in [0.4, 0.5) is 5.82 Å². The van der Waals surface area contributed by atoms with E-state index in [0.29, 0.717) is 17.4 Å². The van der Waals surface area contributed by atoms with E-state index >= 15 is 0 Å². The van der Waals surface area contributed by atoms with Gasteiger partial charge in [0.2, 0.25) is 0 Å². The Kier molecular flexibility index (Phi) is 9.50. The molecule has 202 valence electrons. The number of rotatable bonds is 9. The standard InChI is InChI=1S/C30H46N6O/c1-24(2)12-17-35(18-13-25(3)4)30(37)26-10-11-28-31-29(34-21-19-32(5)20-22-34)27(36(28)23-26)9-8-16-33-14-6-7-15-33/h10-11,23-25H,6-7,12-22H2,1-5H3. The normalized spacial score (nSPS) is 17.1. The molecule has 0 N–H and O–H groups in total. The number of imidazole rings is 1. The number of piperazine rings is 1. The van der Waals surface area contributed by atoms with Gasteiger partial charge in [-0.25, -0.2) is 4.98 Å². The Bertz CT molecular complexity index is 1080. The fourth-order valence-corrected chi connectivity index (χ4v) is 5.01. The first-order valence-electron chi connectivity index (χ1n) is 14.3. The molecule has 0 aliphatic carbocycles. The van der Waals surface area contributed by atoms with Crippen molar-refractivity contribution in [3.8, 4) is 11.8 Å². The minimum atomic E-state index is 0.106. The maximum atomic E-state index is 13.7. The highest BCUT2D eigenvalue weighted by molar-refractivity contribution is 5.94. The van der Waals surface area contributed by atoms with Crippen LogP contribution in [0, 0.1) is 23.7 Å². The molecule has 4 heterocycles. The fourth-order valence-electron chi connectivity index (χ4n) is 5.01. The van der Waals surface area contributed by atoms with E-state index in [1.165, 1.54) is 12.8 Å². The lowest BCUT2D eigenvalue weighted by molar-refractivity contribution is 0.0740. The molecule has 37 heavy (non-hydrogen) atoms. The lowest BCUT2D eigenvalue weighted by Crippen LogP contribution is -2.44. The van der Waals surface area contributed by atoms with Gasteiger partial charge in [-0.1, -0.05) is 33.6 Å². The molecule has 0 aromatic carbocycles. The maximum Gasteiger partial charge on any atom is 0.255 e. The van der Waals surface area contributed by atoms with Crippen LogP contribution in [0.2, 0.25) is 0 Å². The van der Waals surface area contributed by atoms with Crippen LogP contribution in [-0.4, -0.2) is 95.9 Å². The van der Waals surface area contributed by atoms with Crippen LogP contribution < -0.4 is 4.90 Å². The summed E-state index contributed by atoms with van der Waals surface area (Å²) in [6.07, 6.45) is 6.52. The molecule has 0 spiro atoms. The fraction of sp³-hybridized carbons (Fsp3) is 0.667. The Morgan fingerprint density at radius 1 is 0.973 bits per heavy atom. The van der Waals surface area contributed by atoms with Crippen molar-refractivity contribution in [1.29, 1.82) is 0 Å². The molecular weight excluding hydrogens is 460 g/mol. The van der Waals surface area contributed by atoms with Crippen molar-refractivity contribution in [2.75, 3.05) is 70.9 Å². The molecular formula is C30H46N6O. The largest absolute Gasteiger partial charge is 0.352 e. The Morgan fingerprint density at radius 2 is 1.62 bits per heavy atom. The molecule has 2 aromatic heterocycles. The molecule has 2 aromatic rings. The van der Waals surface area contributed by atoms with Gasteiger partial charge in [-0.15, -0.1) is 0 Å². The lowest BCUT2D eigenvalue weighted by Gasteiger charge is -2.32. The van der Waals surface area contributed by atoms with Crippen LogP contribution in [0.1, 0.15) is 69.4 Å². The number of carbonyl (C=O) groups is 1. The lowest BCUT2D eigenvalue weighted by atomic mass is 10.1. The highest BCUT2D eigenvalue weighted by atomic mass is 16.2. The summed E-state index contributed by atoms with van der Waals surface area (Å²) in [6.45, 7) is 17.4. The van der Waals surface area contributed by atoms with Crippen molar-refractivity contribution in [3.63, 3.8) is 0 Å².